The molecular weight excluding hydrogens is 292 g/mol. The van der Waals surface area contributed by atoms with Crippen molar-refractivity contribution in [2.75, 3.05) is 13.6 Å². The molecule has 22 heavy (non-hydrogen) atoms. The van der Waals surface area contributed by atoms with Gasteiger partial charge in [-0.15, -0.1) is 11.3 Å². The normalized spacial score (nSPS) is 13.0. The van der Waals surface area contributed by atoms with Crippen LogP contribution in [0.2, 0.25) is 0 Å². The van der Waals surface area contributed by atoms with Gasteiger partial charge in [-0.3, -0.25) is 4.99 Å². The highest BCUT2D eigenvalue weighted by Gasteiger charge is 2.07. The molecule has 0 spiro atoms. The van der Waals surface area contributed by atoms with Gasteiger partial charge in [-0.1, -0.05) is 36.8 Å². The van der Waals surface area contributed by atoms with Crippen molar-refractivity contribution in [3.63, 3.8) is 0 Å². The van der Waals surface area contributed by atoms with Crippen LogP contribution in [0.15, 0.2) is 34.8 Å². The molecule has 0 bridgehead atoms. The van der Waals surface area contributed by atoms with Gasteiger partial charge in [0, 0.05) is 18.5 Å². The van der Waals surface area contributed by atoms with E-state index in [1.54, 1.807) is 18.4 Å². The van der Waals surface area contributed by atoms with Crippen molar-refractivity contribution >= 4 is 17.3 Å². The Kier molecular flexibility index (Phi) is 5.95. The summed E-state index contributed by atoms with van der Waals surface area (Å²) < 4.78 is 0. The maximum atomic E-state index is 4.28. The van der Waals surface area contributed by atoms with E-state index in [9.17, 15) is 0 Å². The summed E-state index contributed by atoms with van der Waals surface area (Å²) in [5.74, 6) is 1.26. The molecule has 0 saturated heterocycles. The predicted molar refractivity (Wildman–Crippen MR) is 94.6 cm³/mol. The second-order valence-corrected chi connectivity index (χ2v) is 6.42. The first-order valence-corrected chi connectivity index (χ1v) is 8.38. The van der Waals surface area contributed by atoms with E-state index in [1.165, 1.54) is 16.0 Å². The molecule has 0 aliphatic heterocycles. The molecule has 1 heterocycles. The summed E-state index contributed by atoms with van der Waals surface area (Å²) in [6, 6.07) is 8.70. The Balaban J connectivity index is 1.83. The minimum absolute atomic E-state index is 0.435. The van der Waals surface area contributed by atoms with Crippen LogP contribution in [0.25, 0.3) is 0 Å². The summed E-state index contributed by atoms with van der Waals surface area (Å²) in [6.45, 7) is 7.97. The molecule has 5 heteroatoms. The van der Waals surface area contributed by atoms with Crippen LogP contribution in [-0.4, -0.2) is 24.5 Å². The molecule has 4 nitrogen and oxygen atoms in total. The molecule has 0 amide bonds. The lowest BCUT2D eigenvalue weighted by atomic mass is 10.0. The zero-order valence-electron chi connectivity index (χ0n) is 13.7. The number of nitrogens with zero attached hydrogens (tertiary/aromatic N) is 2. The van der Waals surface area contributed by atoms with E-state index in [2.05, 4.69) is 58.7 Å². The molecule has 2 aromatic rings. The lowest BCUT2D eigenvalue weighted by Gasteiger charge is -2.16. The van der Waals surface area contributed by atoms with E-state index in [0.29, 0.717) is 5.92 Å². The van der Waals surface area contributed by atoms with Crippen molar-refractivity contribution in [2.24, 2.45) is 4.99 Å². The number of hydrogen-bond acceptors (Lipinski definition) is 3. The molecule has 1 atom stereocenters. The molecule has 118 valence electrons. The van der Waals surface area contributed by atoms with Gasteiger partial charge in [-0.25, -0.2) is 4.98 Å². The Morgan fingerprint density at radius 1 is 1.23 bits per heavy atom. The lowest BCUT2D eigenvalue weighted by Crippen LogP contribution is -2.38. The number of aliphatic imine (C=N–C) groups is 1. The number of nitrogens with one attached hydrogen (secondary N) is 2. The third-order valence-electron chi connectivity index (χ3n) is 3.71. The first kappa shape index (κ1) is 16.5. The van der Waals surface area contributed by atoms with Gasteiger partial charge in [0.05, 0.1) is 17.7 Å². The second-order valence-electron chi connectivity index (χ2n) is 5.48. The van der Waals surface area contributed by atoms with Crippen LogP contribution in [0.1, 0.15) is 34.5 Å². The van der Waals surface area contributed by atoms with E-state index in [-0.39, 0.29) is 0 Å². The first-order valence-electron chi connectivity index (χ1n) is 7.50. The molecule has 1 aromatic carbocycles. The van der Waals surface area contributed by atoms with E-state index >= 15 is 0 Å². The van der Waals surface area contributed by atoms with E-state index < -0.39 is 0 Å². The molecule has 2 rings (SSSR count). The van der Waals surface area contributed by atoms with Crippen LogP contribution in [0.3, 0.4) is 0 Å². The third kappa shape index (κ3) is 4.56. The van der Waals surface area contributed by atoms with Gasteiger partial charge in [-0.2, -0.15) is 0 Å². The quantitative estimate of drug-likeness (QED) is 0.658. The summed E-state index contributed by atoms with van der Waals surface area (Å²) >= 11 is 1.67. The van der Waals surface area contributed by atoms with Gasteiger partial charge in [0.2, 0.25) is 0 Å². The molecule has 0 aliphatic rings. The van der Waals surface area contributed by atoms with Gasteiger partial charge in [0.1, 0.15) is 0 Å². The Morgan fingerprint density at radius 3 is 2.55 bits per heavy atom. The van der Waals surface area contributed by atoms with Crippen LogP contribution >= 0.6 is 11.3 Å². The molecule has 0 saturated carbocycles. The molecular formula is C17H24N4S. The fraction of sp³-hybridized carbons (Fsp3) is 0.412. The summed E-state index contributed by atoms with van der Waals surface area (Å²) in [5.41, 5.74) is 5.59. The zero-order chi connectivity index (χ0) is 15.9. The Labute approximate surface area is 136 Å². The van der Waals surface area contributed by atoms with Gasteiger partial charge >= 0.3 is 0 Å². The van der Waals surface area contributed by atoms with Crippen LogP contribution in [0.5, 0.6) is 0 Å². The van der Waals surface area contributed by atoms with Crippen LogP contribution in [0, 0.1) is 13.8 Å². The number of benzene rings is 1. The van der Waals surface area contributed by atoms with Crippen molar-refractivity contribution in [2.45, 2.75) is 33.2 Å². The molecule has 1 unspecified atom stereocenters. The van der Waals surface area contributed by atoms with Crippen molar-refractivity contribution < 1.29 is 0 Å². The standard InChI is InChI=1S/C17H24N4S/c1-12-5-7-15(8-6-12)13(2)9-19-17(18-4)20-10-16-14(3)21-11-22-16/h5-8,11,13H,9-10H2,1-4H3,(H2,18,19,20). The monoisotopic (exact) mass is 316 g/mol. The second kappa shape index (κ2) is 7.94. The fourth-order valence-corrected chi connectivity index (χ4v) is 2.86. The SMILES string of the molecule is CN=C(NCc1scnc1C)NCC(C)c1ccc(C)cc1. The zero-order valence-corrected chi connectivity index (χ0v) is 14.5. The minimum Gasteiger partial charge on any atom is -0.356 e. The Bertz CT molecular complexity index is 616. The van der Waals surface area contributed by atoms with Crippen molar-refractivity contribution in [3.8, 4) is 0 Å². The van der Waals surface area contributed by atoms with Crippen molar-refractivity contribution in [3.05, 3.63) is 51.5 Å². The Hall–Kier alpha value is -1.88. The maximum Gasteiger partial charge on any atom is 0.191 e. The molecule has 0 fully saturated rings. The van der Waals surface area contributed by atoms with Crippen LogP contribution in [0.4, 0.5) is 0 Å². The number of hydrogen-bond donors (Lipinski definition) is 2. The smallest absolute Gasteiger partial charge is 0.191 e. The molecule has 2 N–H and O–H groups in total. The van der Waals surface area contributed by atoms with Gasteiger partial charge in [0.25, 0.3) is 0 Å². The van der Waals surface area contributed by atoms with E-state index in [4.69, 9.17) is 0 Å². The summed E-state index contributed by atoms with van der Waals surface area (Å²) in [4.78, 5) is 9.78. The number of aromatic nitrogens is 1. The summed E-state index contributed by atoms with van der Waals surface area (Å²) in [7, 11) is 1.80. The topological polar surface area (TPSA) is 49.3 Å². The van der Waals surface area contributed by atoms with Crippen molar-refractivity contribution in [1.29, 1.82) is 0 Å². The summed E-state index contributed by atoms with van der Waals surface area (Å²) in [5, 5.41) is 6.73. The van der Waals surface area contributed by atoms with Gasteiger partial charge in [0.15, 0.2) is 5.96 Å². The number of thiazole rings is 1. The third-order valence-corrected chi connectivity index (χ3v) is 4.64. The van der Waals surface area contributed by atoms with Crippen LogP contribution in [-0.2, 0) is 6.54 Å². The average Bonchev–Trinajstić information content (AvgIpc) is 2.93. The highest BCUT2D eigenvalue weighted by Crippen LogP contribution is 2.15. The number of guanidine groups is 1. The van der Waals surface area contributed by atoms with E-state index in [0.717, 1.165) is 24.7 Å². The molecule has 0 aliphatic carbocycles. The average molecular weight is 316 g/mol. The lowest BCUT2D eigenvalue weighted by molar-refractivity contribution is 0.699. The van der Waals surface area contributed by atoms with Gasteiger partial charge in [-0.05, 0) is 25.3 Å². The van der Waals surface area contributed by atoms with Crippen molar-refractivity contribution in [1.82, 2.24) is 15.6 Å². The van der Waals surface area contributed by atoms with Crippen LogP contribution < -0.4 is 10.6 Å². The maximum absolute atomic E-state index is 4.28. The molecule has 1 aromatic heterocycles. The molecule has 0 radical (unpaired) electrons. The van der Waals surface area contributed by atoms with Gasteiger partial charge < -0.3 is 10.6 Å². The van der Waals surface area contributed by atoms with E-state index in [1.807, 2.05) is 12.4 Å². The Morgan fingerprint density at radius 2 is 1.95 bits per heavy atom. The highest BCUT2D eigenvalue weighted by molar-refractivity contribution is 7.09. The number of aryl methyl sites for hydroxylation is 2. The summed E-state index contributed by atoms with van der Waals surface area (Å²) in [6.07, 6.45) is 0. The minimum atomic E-state index is 0.435. The largest absolute Gasteiger partial charge is 0.356 e. The number of rotatable bonds is 5. The predicted octanol–water partition coefficient (Wildman–Crippen LogP) is 3.23. The highest BCUT2D eigenvalue weighted by atomic mass is 32.1. The first-order chi connectivity index (χ1) is 10.6. The fourth-order valence-electron chi connectivity index (χ4n) is 2.14.